The number of hydrogen-bond donors (Lipinski definition) is 4. The van der Waals surface area contributed by atoms with E-state index < -0.39 is 41.8 Å². The van der Waals surface area contributed by atoms with Gasteiger partial charge in [-0.05, 0) is 62.5 Å². The lowest BCUT2D eigenvalue weighted by atomic mass is 9.83. The second-order valence-corrected chi connectivity index (χ2v) is 13.9. The summed E-state index contributed by atoms with van der Waals surface area (Å²) < 4.78 is 5.42. The van der Waals surface area contributed by atoms with E-state index in [1.165, 1.54) is 30.6 Å². The third-order valence-electron chi connectivity index (χ3n) is 7.49. The number of aliphatic hydroxyl groups excluding tert-OH is 1. The molecule has 1 aliphatic rings. The predicted molar refractivity (Wildman–Crippen MR) is 167 cm³/mol. The average molecular weight is 600 g/mol. The van der Waals surface area contributed by atoms with Crippen LogP contribution < -0.4 is 16.0 Å². The molecular weight excluding hydrogens is 550 g/mol. The van der Waals surface area contributed by atoms with Gasteiger partial charge in [-0.15, -0.1) is 11.3 Å². The van der Waals surface area contributed by atoms with Crippen LogP contribution in [0, 0.1) is 11.8 Å². The Bertz CT molecular complexity index is 1110. The fraction of sp³-hybridized carbons (Fsp3) is 0.606. The van der Waals surface area contributed by atoms with E-state index in [4.69, 9.17) is 4.74 Å². The topological polar surface area (TPSA) is 117 Å². The monoisotopic (exact) mass is 599 g/mol. The zero-order valence-corrected chi connectivity index (χ0v) is 26.5. The summed E-state index contributed by atoms with van der Waals surface area (Å²) in [5.74, 6) is -0.242. The Labute approximate surface area is 255 Å². The first-order valence-corrected chi connectivity index (χ1v) is 16.1. The minimum Gasteiger partial charge on any atom is -0.444 e. The number of thiophene rings is 1. The molecule has 1 aliphatic carbocycles. The molecule has 0 bridgehead atoms. The highest BCUT2D eigenvalue weighted by Gasteiger charge is 2.33. The highest BCUT2D eigenvalue weighted by Crippen LogP contribution is 2.32. The van der Waals surface area contributed by atoms with Crippen LogP contribution in [-0.2, 0) is 20.7 Å². The van der Waals surface area contributed by atoms with Gasteiger partial charge in [0.25, 0.3) is 0 Å². The molecule has 3 amide bonds. The molecule has 2 aromatic rings. The Kier molecular flexibility index (Phi) is 12.9. The maximum atomic E-state index is 13.8. The van der Waals surface area contributed by atoms with Gasteiger partial charge in [-0.3, -0.25) is 9.59 Å². The zero-order chi connectivity index (χ0) is 30.7. The summed E-state index contributed by atoms with van der Waals surface area (Å²) in [6, 6.07) is 10.9. The number of carbonyl (C=O) groups is 3. The molecule has 42 heavy (non-hydrogen) atoms. The highest BCUT2D eigenvalue weighted by atomic mass is 32.1. The van der Waals surface area contributed by atoms with Gasteiger partial charge in [0.05, 0.1) is 6.04 Å². The molecule has 9 heteroatoms. The number of benzene rings is 1. The van der Waals surface area contributed by atoms with E-state index >= 15 is 0 Å². The fourth-order valence-electron chi connectivity index (χ4n) is 5.47. The first-order valence-electron chi connectivity index (χ1n) is 15.3. The Morgan fingerprint density at radius 1 is 0.929 bits per heavy atom. The lowest BCUT2D eigenvalue weighted by Gasteiger charge is -2.32. The largest absolute Gasteiger partial charge is 0.444 e. The molecule has 1 fully saturated rings. The molecule has 0 unspecified atom stereocenters. The summed E-state index contributed by atoms with van der Waals surface area (Å²) in [5, 5.41) is 21.9. The Morgan fingerprint density at radius 2 is 1.60 bits per heavy atom. The van der Waals surface area contributed by atoms with Gasteiger partial charge in [0.15, 0.2) is 0 Å². The summed E-state index contributed by atoms with van der Waals surface area (Å²) in [4.78, 5) is 40.9. The van der Waals surface area contributed by atoms with Crippen molar-refractivity contribution in [3.05, 3.63) is 58.3 Å². The first kappa shape index (κ1) is 33.6. The first-order chi connectivity index (χ1) is 19.9. The van der Waals surface area contributed by atoms with Crippen LogP contribution >= 0.6 is 11.3 Å². The van der Waals surface area contributed by atoms with E-state index in [0.717, 1.165) is 23.3 Å². The summed E-state index contributed by atoms with van der Waals surface area (Å²) >= 11 is 1.47. The lowest BCUT2D eigenvalue weighted by Crippen LogP contribution is -2.56. The standard InChI is InChI=1S/C33H49N3O5S/c1-22(2)19-26(30(38)34-25(20-23-13-8-6-9-14-23)29(37)28-17-12-18-42-28)35-31(39)27(21-24-15-10-7-11-16-24)36-32(40)41-33(3,4)5/h7,10-12,15-18,22-23,25-27,29,37H,6,8-9,13-14,19-21H2,1-5H3,(H,34,38)(H,35,39)(H,36,40)/t25-,26-,27-,29+/m0/s1. The number of aliphatic hydroxyl groups is 1. The third-order valence-corrected chi connectivity index (χ3v) is 8.43. The number of amides is 3. The van der Waals surface area contributed by atoms with Crippen molar-refractivity contribution in [2.75, 3.05) is 0 Å². The fourth-order valence-corrected chi connectivity index (χ4v) is 6.25. The van der Waals surface area contributed by atoms with E-state index in [-0.39, 0.29) is 18.2 Å². The van der Waals surface area contributed by atoms with E-state index in [0.29, 0.717) is 18.8 Å². The zero-order valence-electron chi connectivity index (χ0n) is 25.7. The number of ether oxygens (including phenoxy) is 1. The summed E-state index contributed by atoms with van der Waals surface area (Å²) in [6.45, 7) is 9.27. The molecular formula is C33H49N3O5S. The van der Waals surface area contributed by atoms with Crippen LogP contribution in [0.25, 0.3) is 0 Å². The van der Waals surface area contributed by atoms with Crippen LogP contribution in [0.2, 0.25) is 0 Å². The SMILES string of the molecule is CC(C)C[C@H](NC(=O)[C@H](Cc1ccccc1)NC(=O)OC(C)(C)C)C(=O)N[C@@H](CC1CCCCC1)[C@@H](O)c1cccs1. The van der Waals surface area contributed by atoms with E-state index in [1.54, 1.807) is 20.8 Å². The van der Waals surface area contributed by atoms with Crippen molar-refractivity contribution in [2.24, 2.45) is 11.8 Å². The smallest absolute Gasteiger partial charge is 0.408 e. The van der Waals surface area contributed by atoms with Crippen LogP contribution in [0.1, 0.15) is 96.1 Å². The number of hydrogen-bond acceptors (Lipinski definition) is 6. The average Bonchev–Trinajstić information content (AvgIpc) is 3.46. The number of carbonyl (C=O) groups excluding carboxylic acids is 3. The lowest BCUT2D eigenvalue weighted by molar-refractivity contribution is -0.131. The van der Waals surface area contributed by atoms with Crippen molar-refractivity contribution in [3.8, 4) is 0 Å². The third kappa shape index (κ3) is 11.4. The Balaban J connectivity index is 1.78. The van der Waals surface area contributed by atoms with Gasteiger partial charge < -0.3 is 25.8 Å². The van der Waals surface area contributed by atoms with Crippen molar-refractivity contribution in [2.45, 2.75) is 116 Å². The van der Waals surface area contributed by atoms with E-state index in [1.807, 2.05) is 61.7 Å². The van der Waals surface area contributed by atoms with Gasteiger partial charge in [-0.25, -0.2) is 4.79 Å². The molecule has 1 saturated carbocycles. The molecule has 1 aromatic heterocycles. The summed E-state index contributed by atoms with van der Waals surface area (Å²) in [7, 11) is 0. The molecule has 4 atom stereocenters. The van der Waals surface area contributed by atoms with Crippen molar-refractivity contribution in [3.63, 3.8) is 0 Å². The van der Waals surface area contributed by atoms with Crippen LogP contribution in [0.15, 0.2) is 47.8 Å². The number of nitrogens with one attached hydrogen (secondary N) is 3. The van der Waals surface area contributed by atoms with Gasteiger partial charge in [0.2, 0.25) is 11.8 Å². The molecule has 0 radical (unpaired) electrons. The minimum atomic E-state index is -0.945. The summed E-state index contributed by atoms with van der Waals surface area (Å²) in [6.07, 6.45) is 5.55. The molecule has 0 spiro atoms. The minimum absolute atomic E-state index is 0.117. The van der Waals surface area contributed by atoms with Crippen LogP contribution in [0.3, 0.4) is 0 Å². The molecule has 8 nitrogen and oxygen atoms in total. The van der Waals surface area contributed by atoms with Gasteiger partial charge in [-0.2, -0.15) is 0 Å². The second kappa shape index (κ2) is 16.1. The van der Waals surface area contributed by atoms with Crippen LogP contribution in [0.4, 0.5) is 4.79 Å². The molecule has 232 valence electrons. The number of rotatable bonds is 13. The van der Waals surface area contributed by atoms with Crippen molar-refractivity contribution in [1.82, 2.24) is 16.0 Å². The van der Waals surface area contributed by atoms with Gasteiger partial charge in [0.1, 0.15) is 23.8 Å². The molecule has 1 heterocycles. The van der Waals surface area contributed by atoms with Crippen LogP contribution in [0.5, 0.6) is 0 Å². The van der Waals surface area contributed by atoms with E-state index in [2.05, 4.69) is 16.0 Å². The quantitative estimate of drug-likeness (QED) is 0.229. The van der Waals surface area contributed by atoms with Crippen molar-refractivity contribution < 1.29 is 24.2 Å². The second-order valence-electron chi connectivity index (χ2n) is 12.9. The maximum absolute atomic E-state index is 13.8. The Morgan fingerprint density at radius 3 is 2.19 bits per heavy atom. The van der Waals surface area contributed by atoms with Crippen molar-refractivity contribution >= 4 is 29.2 Å². The van der Waals surface area contributed by atoms with E-state index in [9.17, 15) is 19.5 Å². The molecule has 3 rings (SSSR count). The number of alkyl carbamates (subject to hydrolysis) is 1. The summed E-state index contributed by atoms with van der Waals surface area (Å²) in [5.41, 5.74) is 0.138. The Hall–Kier alpha value is -2.91. The highest BCUT2D eigenvalue weighted by molar-refractivity contribution is 7.10. The molecule has 1 aromatic carbocycles. The molecule has 0 aliphatic heterocycles. The normalized spacial score (nSPS) is 17.1. The maximum Gasteiger partial charge on any atom is 0.408 e. The van der Waals surface area contributed by atoms with Crippen LogP contribution in [-0.4, -0.2) is 46.7 Å². The molecule has 0 saturated heterocycles. The van der Waals surface area contributed by atoms with Gasteiger partial charge >= 0.3 is 6.09 Å². The van der Waals surface area contributed by atoms with Crippen molar-refractivity contribution in [1.29, 1.82) is 0 Å². The van der Waals surface area contributed by atoms with Gasteiger partial charge in [-0.1, -0.05) is 82.3 Å². The predicted octanol–water partition coefficient (Wildman–Crippen LogP) is 5.90. The molecule has 4 N–H and O–H groups in total. The van der Waals surface area contributed by atoms with Gasteiger partial charge in [0, 0.05) is 11.3 Å².